The molecule has 108 valence electrons. The molecule has 2 rings (SSSR count). The summed E-state index contributed by atoms with van der Waals surface area (Å²) in [7, 11) is 0. The molecular formula is C14H10BrNO5. The number of nitro benzene ring substituents is 1. The van der Waals surface area contributed by atoms with Crippen molar-refractivity contribution >= 4 is 27.6 Å². The van der Waals surface area contributed by atoms with E-state index >= 15 is 0 Å². The highest BCUT2D eigenvalue weighted by molar-refractivity contribution is 9.10. The van der Waals surface area contributed by atoms with Crippen LogP contribution >= 0.6 is 15.9 Å². The third-order valence-corrected chi connectivity index (χ3v) is 3.27. The lowest BCUT2D eigenvalue weighted by Gasteiger charge is -2.09. The summed E-state index contributed by atoms with van der Waals surface area (Å²) in [6.07, 6.45) is 0. The molecule has 0 saturated carbocycles. The number of carboxylic acids is 1. The highest BCUT2D eigenvalue weighted by atomic mass is 79.9. The van der Waals surface area contributed by atoms with Crippen LogP contribution in [-0.4, -0.2) is 16.0 Å². The molecule has 0 aliphatic rings. The van der Waals surface area contributed by atoms with Crippen molar-refractivity contribution in [3.63, 3.8) is 0 Å². The van der Waals surface area contributed by atoms with E-state index < -0.39 is 16.6 Å². The number of nitrogens with zero attached hydrogens (tertiary/aromatic N) is 1. The van der Waals surface area contributed by atoms with Gasteiger partial charge in [0.1, 0.15) is 5.75 Å². The molecule has 0 amide bonds. The van der Waals surface area contributed by atoms with Crippen LogP contribution in [0.3, 0.4) is 0 Å². The number of aromatic carboxylic acids is 1. The van der Waals surface area contributed by atoms with Crippen LogP contribution < -0.4 is 4.74 Å². The number of aryl methyl sites for hydroxylation is 1. The van der Waals surface area contributed by atoms with Gasteiger partial charge in [-0.3, -0.25) is 10.1 Å². The molecule has 2 aromatic rings. The molecule has 0 spiro atoms. The van der Waals surface area contributed by atoms with Crippen LogP contribution in [0, 0.1) is 17.0 Å². The molecule has 2 aromatic carbocycles. The lowest BCUT2D eigenvalue weighted by molar-refractivity contribution is -0.385. The number of benzene rings is 2. The first-order chi connectivity index (χ1) is 9.88. The largest absolute Gasteiger partial charge is 0.478 e. The van der Waals surface area contributed by atoms with Crippen molar-refractivity contribution in [3.05, 3.63) is 62.1 Å². The van der Waals surface area contributed by atoms with Crippen molar-refractivity contribution in [1.29, 1.82) is 0 Å². The Morgan fingerprint density at radius 1 is 1.24 bits per heavy atom. The van der Waals surface area contributed by atoms with Gasteiger partial charge in [-0.05, 0) is 36.8 Å². The predicted octanol–water partition coefficient (Wildman–Crippen LogP) is 4.16. The van der Waals surface area contributed by atoms with E-state index in [1.54, 1.807) is 19.1 Å². The van der Waals surface area contributed by atoms with Gasteiger partial charge >= 0.3 is 11.7 Å². The number of nitro groups is 1. The second kappa shape index (κ2) is 5.92. The molecule has 7 heteroatoms. The average molecular weight is 352 g/mol. The summed E-state index contributed by atoms with van der Waals surface area (Å²) in [6, 6.07) is 8.83. The Labute approximate surface area is 128 Å². The van der Waals surface area contributed by atoms with Crippen molar-refractivity contribution < 1.29 is 19.6 Å². The van der Waals surface area contributed by atoms with Crippen LogP contribution in [0.2, 0.25) is 0 Å². The van der Waals surface area contributed by atoms with E-state index in [0.717, 1.165) is 16.1 Å². The van der Waals surface area contributed by atoms with Crippen LogP contribution in [0.4, 0.5) is 5.69 Å². The Morgan fingerprint density at radius 2 is 1.95 bits per heavy atom. The highest BCUT2D eigenvalue weighted by Gasteiger charge is 2.19. The Morgan fingerprint density at radius 3 is 2.57 bits per heavy atom. The Balaban J connectivity index is 2.46. The number of carbonyl (C=O) groups is 1. The zero-order valence-electron chi connectivity index (χ0n) is 10.9. The summed E-state index contributed by atoms with van der Waals surface area (Å²) >= 11 is 3.30. The molecule has 1 N–H and O–H groups in total. The first-order valence-electron chi connectivity index (χ1n) is 5.84. The summed E-state index contributed by atoms with van der Waals surface area (Å²) in [5, 5.41) is 19.9. The van der Waals surface area contributed by atoms with Gasteiger partial charge < -0.3 is 9.84 Å². The lowest BCUT2D eigenvalue weighted by atomic mass is 10.2. The van der Waals surface area contributed by atoms with E-state index in [9.17, 15) is 14.9 Å². The standard InChI is InChI=1S/C14H10BrNO5/c1-8-2-4-10(15)7-13(8)21-12-5-3-9(14(17)18)6-11(12)16(19)20/h2-7H,1H3,(H,17,18). The fourth-order valence-electron chi connectivity index (χ4n) is 1.68. The third-order valence-electron chi connectivity index (χ3n) is 2.77. The van der Waals surface area contributed by atoms with Gasteiger partial charge in [-0.1, -0.05) is 22.0 Å². The van der Waals surface area contributed by atoms with Gasteiger partial charge in [-0.15, -0.1) is 0 Å². The SMILES string of the molecule is Cc1ccc(Br)cc1Oc1ccc(C(=O)O)cc1[N+](=O)[O-]. The summed E-state index contributed by atoms with van der Waals surface area (Å²) in [4.78, 5) is 21.3. The maximum Gasteiger partial charge on any atom is 0.335 e. The number of carboxylic acid groups (broad SMARTS) is 1. The molecule has 0 heterocycles. The quantitative estimate of drug-likeness (QED) is 0.659. The number of hydrogen-bond donors (Lipinski definition) is 1. The molecular weight excluding hydrogens is 342 g/mol. The molecule has 0 fully saturated rings. The van der Waals surface area contributed by atoms with Gasteiger partial charge in [0.15, 0.2) is 0 Å². The maximum absolute atomic E-state index is 11.1. The lowest BCUT2D eigenvalue weighted by Crippen LogP contribution is -2.00. The van der Waals surface area contributed by atoms with Gasteiger partial charge in [0.05, 0.1) is 10.5 Å². The molecule has 0 aromatic heterocycles. The van der Waals surface area contributed by atoms with Gasteiger partial charge in [-0.2, -0.15) is 0 Å². The highest BCUT2D eigenvalue weighted by Crippen LogP contribution is 2.34. The number of hydrogen-bond acceptors (Lipinski definition) is 4. The topological polar surface area (TPSA) is 89.7 Å². The minimum Gasteiger partial charge on any atom is -0.478 e. The van der Waals surface area contributed by atoms with Gasteiger partial charge in [0.2, 0.25) is 5.75 Å². The van der Waals surface area contributed by atoms with Crippen LogP contribution in [0.25, 0.3) is 0 Å². The van der Waals surface area contributed by atoms with Crippen molar-refractivity contribution in [2.45, 2.75) is 6.92 Å². The molecule has 0 aliphatic carbocycles. The van der Waals surface area contributed by atoms with Crippen LogP contribution in [0.5, 0.6) is 11.5 Å². The van der Waals surface area contributed by atoms with E-state index in [-0.39, 0.29) is 11.3 Å². The summed E-state index contributed by atoms with van der Waals surface area (Å²) in [5.74, 6) is -0.787. The van der Waals surface area contributed by atoms with Gasteiger partial charge in [0, 0.05) is 10.5 Å². The van der Waals surface area contributed by atoms with E-state index in [2.05, 4.69) is 15.9 Å². The van der Waals surface area contributed by atoms with Gasteiger partial charge in [-0.25, -0.2) is 4.79 Å². The molecule has 0 atom stereocenters. The van der Waals surface area contributed by atoms with Crippen molar-refractivity contribution in [3.8, 4) is 11.5 Å². The van der Waals surface area contributed by atoms with E-state index in [0.29, 0.717) is 5.75 Å². The van der Waals surface area contributed by atoms with E-state index in [1.807, 2.05) is 6.07 Å². The summed E-state index contributed by atoms with van der Waals surface area (Å²) in [6.45, 7) is 1.80. The molecule has 0 aliphatic heterocycles. The summed E-state index contributed by atoms with van der Waals surface area (Å²) < 4.78 is 6.32. The first kappa shape index (κ1) is 15.0. The van der Waals surface area contributed by atoms with E-state index in [4.69, 9.17) is 9.84 Å². The Bertz CT molecular complexity index is 729. The van der Waals surface area contributed by atoms with Gasteiger partial charge in [0.25, 0.3) is 0 Å². The predicted molar refractivity (Wildman–Crippen MR) is 79.0 cm³/mol. The second-order valence-electron chi connectivity index (χ2n) is 4.26. The minimum atomic E-state index is -1.23. The maximum atomic E-state index is 11.1. The Hall–Kier alpha value is -2.41. The smallest absolute Gasteiger partial charge is 0.335 e. The molecule has 0 unspecified atom stereocenters. The van der Waals surface area contributed by atoms with Crippen LogP contribution in [-0.2, 0) is 0 Å². The number of rotatable bonds is 4. The van der Waals surface area contributed by atoms with Crippen LogP contribution in [0.1, 0.15) is 15.9 Å². The van der Waals surface area contributed by atoms with Crippen molar-refractivity contribution in [1.82, 2.24) is 0 Å². The summed E-state index contributed by atoms with van der Waals surface area (Å²) in [5.41, 5.74) is 0.240. The zero-order chi connectivity index (χ0) is 15.6. The van der Waals surface area contributed by atoms with Crippen molar-refractivity contribution in [2.75, 3.05) is 0 Å². The third kappa shape index (κ3) is 3.38. The molecule has 21 heavy (non-hydrogen) atoms. The average Bonchev–Trinajstić information content (AvgIpc) is 2.42. The number of halogens is 1. The second-order valence-corrected chi connectivity index (χ2v) is 5.17. The van der Waals surface area contributed by atoms with Crippen molar-refractivity contribution in [2.24, 2.45) is 0 Å². The molecule has 0 saturated heterocycles. The fourth-order valence-corrected chi connectivity index (χ4v) is 2.02. The molecule has 0 bridgehead atoms. The monoisotopic (exact) mass is 351 g/mol. The number of ether oxygens (including phenoxy) is 1. The molecule has 0 radical (unpaired) electrons. The minimum absolute atomic E-state index is 0.00815. The molecule has 6 nitrogen and oxygen atoms in total. The first-order valence-corrected chi connectivity index (χ1v) is 6.63. The van der Waals surface area contributed by atoms with E-state index in [1.165, 1.54) is 12.1 Å². The van der Waals surface area contributed by atoms with Crippen LogP contribution in [0.15, 0.2) is 40.9 Å². The Kier molecular flexibility index (Phi) is 4.23. The fraction of sp³-hybridized carbons (Fsp3) is 0.0714. The zero-order valence-corrected chi connectivity index (χ0v) is 12.5. The normalized spacial score (nSPS) is 10.2.